The smallest absolute Gasteiger partial charge is 0.175 e. The van der Waals surface area contributed by atoms with Gasteiger partial charge in [-0.1, -0.05) is 53.7 Å². The van der Waals surface area contributed by atoms with Crippen LogP contribution in [0.15, 0.2) is 53.5 Å². The summed E-state index contributed by atoms with van der Waals surface area (Å²) in [6.45, 7) is 2.54. The van der Waals surface area contributed by atoms with Gasteiger partial charge in [-0.25, -0.2) is 4.99 Å². The summed E-state index contributed by atoms with van der Waals surface area (Å²) in [5.41, 5.74) is 3.38. The summed E-state index contributed by atoms with van der Waals surface area (Å²) in [6.07, 6.45) is -0.333. The van der Waals surface area contributed by atoms with Gasteiger partial charge in [-0.3, -0.25) is 0 Å². The molecule has 120 valence electrons. The van der Waals surface area contributed by atoms with Crippen molar-refractivity contribution in [3.8, 4) is 5.75 Å². The van der Waals surface area contributed by atoms with E-state index < -0.39 is 0 Å². The molecular weight excluding hydrogens is 330 g/mol. The molecule has 3 rings (SSSR count). The van der Waals surface area contributed by atoms with Crippen LogP contribution < -0.4 is 4.74 Å². The van der Waals surface area contributed by atoms with E-state index in [9.17, 15) is 0 Å². The van der Waals surface area contributed by atoms with Crippen LogP contribution in [0.1, 0.15) is 16.7 Å². The Hall–Kier alpha value is -1.49. The molecule has 0 N–H and O–H groups in total. The van der Waals surface area contributed by atoms with Crippen molar-refractivity contribution in [1.29, 1.82) is 0 Å². The molecule has 0 bridgehead atoms. The minimum absolute atomic E-state index is 0.204. The third-order valence-corrected chi connectivity index (χ3v) is 5.08. The van der Waals surface area contributed by atoms with Crippen LogP contribution in [0.25, 0.3) is 0 Å². The first-order valence-electron chi connectivity index (χ1n) is 7.36. The van der Waals surface area contributed by atoms with Gasteiger partial charge in [-0.15, -0.1) is 11.6 Å². The lowest BCUT2D eigenvalue weighted by Gasteiger charge is -2.12. The van der Waals surface area contributed by atoms with Crippen molar-refractivity contribution in [2.45, 2.75) is 24.5 Å². The Bertz CT molecular complexity index is 685. The van der Waals surface area contributed by atoms with Gasteiger partial charge in [0.15, 0.2) is 6.23 Å². The third kappa shape index (κ3) is 4.08. The second-order valence-electron chi connectivity index (χ2n) is 5.32. The van der Waals surface area contributed by atoms with Gasteiger partial charge in [-0.2, -0.15) is 0 Å². The van der Waals surface area contributed by atoms with E-state index in [2.05, 4.69) is 36.2 Å². The molecule has 0 saturated carbocycles. The zero-order valence-electron chi connectivity index (χ0n) is 13.0. The molecule has 0 aromatic heterocycles. The van der Waals surface area contributed by atoms with E-state index in [0.29, 0.717) is 6.61 Å². The van der Waals surface area contributed by atoms with Gasteiger partial charge in [-0.05, 0) is 24.6 Å². The Kier molecular flexibility index (Phi) is 5.26. The van der Waals surface area contributed by atoms with Crippen LogP contribution in [0.3, 0.4) is 0 Å². The molecule has 1 heterocycles. The predicted octanol–water partition coefficient (Wildman–Crippen LogP) is 4.60. The number of thioether (sulfide) groups is 1. The van der Waals surface area contributed by atoms with Crippen molar-refractivity contribution in [3.63, 3.8) is 0 Å². The van der Waals surface area contributed by atoms with E-state index in [0.717, 1.165) is 21.9 Å². The molecule has 3 nitrogen and oxygen atoms in total. The van der Waals surface area contributed by atoms with Crippen molar-refractivity contribution in [2.75, 3.05) is 7.11 Å². The molecule has 2 unspecified atom stereocenters. The summed E-state index contributed by atoms with van der Waals surface area (Å²) in [5.74, 6) is 0.833. The van der Waals surface area contributed by atoms with Crippen molar-refractivity contribution in [2.24, 2.45) is 4.99 Å². The zero-order chi connectivity index (χ0) is 16.2. The number of aliphatic imine (C=N–C) groups is 1. The molecule has 1 aliphatic rings. The Morgan fingerprint density at radius 1 is 1.09 bits per heavy atom. The van der Waals surface area contributed by atoms with Gasteiger partial charge in [0.1, 0.15) is 15.5 Å². The molecule has 23 heavy (non-hydrogen) atoms. The van der Waals surface area contributed by atoms with Gasteiger partial charge in [0, 0.05) is 5.56 Å². The lowest BCUT2D eigenvalue weighted by Crippen LogP contribution is -2.15. The Morgan fingerprint density at radius 3 is 2.43 bits per heavy atom. The summed E-state index contributed by atoms with van der Waals surface area (Å²) in [7, 11) is 1.65. The minimum atomic E-state index is -0.333. The minimum Gasteiger partial charge on any atom is -0.497 e. The lowest BCUT2D eigenvalue weighted by atomic mass is 10.2. The average molecular weight is 348 g/mol. The van der Waals surface area contributed by atoms with Crippen LogP contribution in [0.2, 0.25) is 0 Å². The number of rotatable bonds is 5. The van der Waals surface area contributed by atoms with Crippen LogP contribution in [0.4, 0.5) is 0 Å². The number of ether oxygens (including phenoxy) is 2. The van der Waals surface area contributed by atoms with Crippen molar-refractivity contribution in [1.82, 2.24) is 0 Å². The number of hydrogen-bond donors (Lipinski definition) is 0. The lowest BCUT2D eigenvalue weighted by molar-refractivity contribution is 0.0584. The first-order valence-corrected chi connectivity index (χ1v) is 8.67. The Balaban J connectivity index is 1.64. The molecule has 1 aliphatic heterocycles. The fraction of sp³-hybridized carbons (Fsp3) is 0.278. The second-order valence-corrected chi connectivity index (χ2v) is 7.18. The molecule has 5 heteroatoms. The summed E-state index contributed by atoms with van der Waals surface area (Å²) in [4.78, 5) is 4.62. The van der Waals surface area contributed by atoms with E-state index in [4.69, 9.17) is 21.1 Å². The van der Waals surface area contributed by atoms with Crippen molar-refractivity contribution < 1.29 is 9.47 Å². The van der Waals surface area contributed by atoms with E-state index in [1.165, 1.54) is 5.56 Å². The SMILES string of the molecule is COc1ccc(COC2N=C(c3ccc(C)cc3)SC2Cl)cc1. The maximum Gasteiger partial charge on any atom is 0.175 e. The average Bonchev–Trinajstić information content (AvgIpc) is 2.95. The molecule has 0 saturated heterocycles. The Labute approximate surface area is 145 Å². The molecule has 2 aromatic carbocycles. The highest BCUT2D eigenvalue weighted by atomic mass is 35.5. The highest BCUT2D eigenvalue weighted by Gasteiger charge is 2.29. The first kappa shape index (κ1) is 16.4. The van der Waals surface area contributed by atoms with Crippen LogP contribution in [-0.4, -0.2) is 23.1 Å². The van der Waals surface area contributed by atoms with E-state index in [1.54, 1.807) is 18.9 Å². The van der Waals surface area contributed by atoms with Crippen molar-refractivity contribution >= 4 is 28.4 Å². The summed E-state index contributed by atoms with van der Waals surface area (Å²) >= 11 is 7.92. The number of alkyl halides is 1. The molecule has 0 amide bonds. The fourth-order valence-electron chi connectivity index (χ4n) is 2.22. The molecular formula is C18H18ClNO2S. The van der Waals surface area contributed by atoms with Gasteiger partial charge >= 0.3 is 0 Å². The van der Waals surface area contributed by atoms with Gasteiger partial charge in [0.2, 0.25) is 0 Å². The zero-order valence-corrected chi connectivity index (χ0v) is 14.6. The first-order chi connectivity index (χ1) is 11.2. The molecule has 0 aliphatic carbocycles. The van der Waals surface area contributed by atoms with E-state index in [1.807, 2.05) is 24.3 Å². The second kappa shape index (κ2) is 7.39. The van der Waals surface area contributed by atoms with Gasteiger partial charge in [0.05, 0.1) is 13.7 Å². The van der Waals surface area contributed by atoms with E-state index >= 15 is 0 Å². The number of aryl methyl sites for hydroxylation is 1. The highest BCUT2D eigenvalue weighted by molar-refractivity contribution is 8.16. The van der Waals surface area contributed by atoms with Gasteiger partial charge in [0.25, 0.3) is 0 Å². The maximum atomic E-state index is 6.37. The summed E-state index contributed by atoms with van der Waals surface area (Å²) < 4.78 is 10.8. The molecule has 0 spiro atoms. The highest BCUT2D eigenvalue weighted by Crippen LogP contribution is 2.34. The number of methoxy groups -OCH3 is 1. The largest absolute Gasteiger partial charge is 0.497 e. The predicted molar refractivity (Wildman–Crippen MR) is 96.5 cm³/mol. The number of hydrogen-bond acceptors (Lipinski definition) is 4. The summed E-state index contributed by atoms with van der Waals surface area (Å²) in [6, 6.07) is 16.1. The molecule has 2 aromatic rings. The molecule has 0 radical (unpaired) electrons. The van der Waals surface area contributed by atoms with Crippen LogP contribution in [0.5, 0.6) is 5.75 Å². The number of benzene rings is 2. The Morgan fingerprint density at radius 2 is 1.78 bits per heavy atom. The van der Waals surface area contributed by atoms with E-state index in [-0.39, 0.29) is 10.9 Å². The number of halogens is 1. The maximum absolute atomic E-state index is 6.37. The quantitative estimate of drug-likeness (QED) is 0.740. The summed E-state index contributed by atoms with van der Waals surface area (Å²) in [5, 5.41) is 0.935. The fourth-order valence-corrected chi connectivity index (χ4v) is 3.51. The normalized spacial score (nSPS) is 20.4. The van der Waals surface area contributed by atoms with Gasteiger partial charge < -0.3 is 9.47 Å². The van der Waals surface area contributed by atoms with Crippen LogP contribution in [-0.2, 0) is 11.3 Å². The third-order valence-electron chi connectivity index (χ3n) is 3.57. The van der Waals surface area contributed by atoms with Crippen molar-refractivity contribution in [3.05, 3.63) is 65.2 Å². The topological polar surface area (TPSA) is 30.8 Å². The molecule has 0 fully saturated rings. The molecule has 2 atom stereocenters. The monoisotopic (exact) mass is 347 g/mol. The van der Waals surface area contributed by atoms with Crippen LogP contribution in [0, 0.1) is 6.92 Å². The standard InChI is InChI=1S/C18H18ClNO2S/c1-12-3-7-14(8-4-12)18-20-17(16(19)23-18)22-11-13-5-9-15(21-2)10-6-13/h3-10,16-17H,11H2,1-2H3. The number of nitrogens with zero attached hydrogens (tertiary/aromatic N) is 1. The van der Waals surface area contributed by atoms with Crippen LogP contribution >= 0.6 is 23.4 Å².